The van der Waals surface area contributed by atoms with Crippen LogP contribution < -0.4 is 4.90 Å². The van der Waals surface area contributed by atoms with Gasteiger partial charge in [-0.1, -0.05) is 0 Å². The van der Waals surface area contributed by atoms with Gasteiger partial charge in [-0.3, -0.25) is 14.3 Å². The van der Waals surface area contributed by atoms with E-state index >= 15 is 0 Å². The number of ketones is 1. The van der Waals surface area contributed by atoms with E-state index in [2.05, 4.69) is 5.10 Å². The molecule has 5 nitrogen and oxygen atoms in total. The van der Waals surface area contributed by atoms with E-state index in [-0.39, 0.29) is 17.8 Å². The minimum Gasteiger partial charge on any atom is -0.300 e. The lowest BCUT2D eigenvalue weighted by atomic mass is 10.1. The SMILES string of the molecule is CCn1cc(CN2C(=O)C(=O)c3cc(F)c(F)cc32)cn1. The van der Waals surface area contributed by atoms with Gasteiger partial charge in [-0.15, -0.1) is 0 Å². The summed E-state index contributed by atoms with van der Waals surface area (Å²) in [5.41, 5.74) is 0.686. The number of amides is 1. The third kappa shape index (κ3) is 2.10. The van der Waals surface area contributed by atoms with Crippen molar-refractivity contribution < 1.29 is 18.4 Å². The molecule has 3 rings (SSSR count). The standard InChI is InChI=1S/C14H11F2N3O2/c1-2-18-6-8(5-17-18)7-19-12-4-11(16)10(15)3-9(12)13(20)14(19)21/h3-6H,2,7H2,1H3. The fourth-order valence-corrected chi connectivity index (χ4v) is 2.29. The molecule has 108 valence electrons. The van der Waals surface area contributed by atoms with Crippen molar-refractivity contribution >= 4 is 17.4 Å². The number of benzene rings is 1. The second-order valence-electron chi connectivity index (χ2n) is 4.71. The van der Waals surface area contributed by atoms with Crippen molar-refractivity contribution in [3.8, 4) is 0 Å². The molecular formula is C14H11F2N3O2. The lowest BCUT2D eigenvalue weighted by Crippen LogP contribution is -2.29. The highest BCUT2D eigenvalue weighted by molar-refractivity contribution is 6.52. The molecule has 2 heterocycles. The van der Waals surface area contributed by atoms with Crippen LogP contribution in [0.15, 0.2) is 24.5 Å². The third-order valence-corrected chi connectivity index (χ3v) is 3.36. The van der Waals surface area contributed by atoms with E-state index in [1.54, 1.807) is 17.1 Å². The summed E-state index contributed by atoms with van der Waals surface area (Å²) >= 11 is 0. The number of rotatable bonds is 3. The molecule has 1 aromatic heterocycles. The first-order valence-corrected chi connectivity index (χ1v) is 6.37. The van der Waals surface area contributed by atoms with Gasteiger partial charge in [0.2, 0.25) is 0 Å². The van der Waals surface area contributed by atoms with Gasteiger partial charge in [0.05, 0.1) is 24.0 Å². The van der Waals surface area contributed by atoms with Crippen LogP contribution in [0.3, 0.4) is 0 Å². The summed E-state index contributed by atoms with van der Waals surface area (Å²) in [6, 6.07) is 1.64. The highest BCUT2D eigenvalue weighted by Gasteiger charge is 2.37. The van der Waals surface area contributed by atoms with E-state index in [1.165, 1.54) is 0 Å². The lowest BCUT2D eigenvalue weighted by Gasteiger charge is -2.15. The van der Waals surface area contributed by atoms with Crippen LogP contribution in [0.2, 0.25) is 0 Å². The van der Waals surface area contributed by atoms with Crippen LogP contribution in [0.25, 0.3) is 0 Å². The van der Waals surface area contributed by atoms with Crippen molar-refractivity contribution in [3.63, 3.8) is 0 Å². The van der Waals surface area contributed by atoms with Crippen molar-refractivity contribution in [2.75, 3.05) is 4.90 Å². The maximum Gasteiger partial charge on any atom is 0.299 e. The number of aryl methyl sites for hydroxylation is 1. The second-order valence-corrected chi connectivity index (χ2v) is 4.71. The van der Waals surface area contributed by atoms with Crippen molar-refractivity contribution in [3.05, 3.63) is 47.3 Å². The zero-order valence-corrected chi connectivity index (χ0v) is 11.1. The number of anilines is 1. The molecule has 0 unspecified atom stereocenters. The van der Waals surface area contributed by atoms with Gasteiger partial charge in [0.15, 0.2) is 11.6 Å². The van der Waals surface area contributed by atoms with Gasteiger partial charge in [0.25, 0.3) is 11.7 Å². The highest BCUT2D eigenvalue weighted by atomic mass is 19.2. The molecule has 1 amide bonds. The molecule has 1 aromatic carbocycles. The Labute approximate surface area is 118 Å². The van der Waals surface area contributed by atoms with Gasteiger partial charge in [-0.25, -0.2) is 8.78 Å². The van der Waals surface area contributed by atoms with Crippen LogP contribution in [-0.2, 0) is 17.9 Å². The maximum absolute atomic E-state index is 13.4. The van der Waals surface area contributed by atoms with Crippen LogP contribution in [-0.4, -0.2) is 21.5 Å². The Balaban J connectivity index is 1.99. The number of aromatic nitrogens is 2. The largest absolute Gasteiger partial charge is 0.300 e. The van der Waals surface area contributed by atoms with Crippen LogP contribution in [0, 0.1) is 11.6 Å². The Bertz CT molecular complexity index is 755. The fourth-order valence-electron chi connectivity index (χ4n) is 2.29. The Kier molecular flexibility index (Phi) is 3.04. The molecule has 1 aliphatic rings. The maximum atomic E-state index is 13.4. The molecule has 1 aliphatic heterocycles. The summed E-state index contributed by atoms with van der Waals surface area (Å²) in [6.07, 6.45) is 3.30. The number of nitrogens with zero attached hydrogens (tertiary/aromatic N) is 3. The molecule has 0 fully saturated rings. The van der Waals surface area contributed by atoms with Gasteiger partial charge in [-0.05, 0) is 13.0 Å². The quantitative estimate of drug-likeness (QED) is 0.812. The average molecular weight is 291 g/mol. The number of hydrogen-bond donors (Lipinski definition) is 0. The molecule has 0 saturated carbocycles. The number of Topliss-reactive ketones (excluding diaryl/α,β-unsaturated/α-hetero) is 1. The average Bonchev–Trinajstić information content (AvgIpc) is 3.01. The predicted molar refractivity (Wildman–Crippen MR) is 69.8 cm³/mol. The van der Waals surface area contributed by atoms with E-state index < -0.39 is 23.3 Å². The van der Waals surface area contributed by atoms with Gasteiger partial charge >= 0.3 is 0 Å². The first kappa shape index (κ1) is 13.4. The molecule has 0 aliphatic carbocycles. The monoisotopic (exact) mass is 291 g/mol. The summed E-state index contributed by atoms with van der Waals surface area (Å²) < 4.78 is 28.2. The molecule has 0 spiro atoms. The minimum absolute atomic E-state index is 0.0860. The molecule has 0 N–H and O–H groups in total. The van der Waals surface area contributed by atoms with Crippen molar-refractivity contribution in [2.24, 2.45) is 0 Å². The number of halogens is 2. The van der Waals surface area contributed by atoms with Crippen LogP contribution in [0.4, 0.5) is 14.5 Å². The molecule has 0 radical (unpaired) electrons. The first-order chi connectivity index (χ1) is 10.0. The van der Waals surface area contributed by atoms with Crippen molar-refractivity contribution in [2.45, 2.75) is 20.0 Å². The van der Waals surface area contributed by atoms with Crippen molar-refractivity contribution in [1.82, 2.24) is 9.78 Å². The summed E-state index contributed by atoms with van der Waals surface area (Å²) in [5, 5.41) is 4.07. The molecule has 7 heteroatoms. The van der Waals surface area contributed by atoms with E-state index in [1.807, 2.05) is 6.92 Å². The first-order valence-electron chi connectivity index (χ1n) is 6.37. The van der Waals surface area contributed by atoms with Crippen LogP contribution >= 0.6 is 0 Å². The zero-order chi connectivity index (χ0) is 15.1. The number of carbonyl (C=O) groups excluding carboxylic acids is 2. The number of fused-ring (bicyclic) bond motifs is 1. The topological polar surface area (TPSA) is 55.2 Å². The molecule has 0 saturated heterocycles. The van der Waals surface area contributed by atoms with Gasteiger partial charge < -0.3 is 4.90 Å². The van der Waals surface area contributed by atoms with Gasteiger partial charge in [0, 0.05) is 24.4 Å². The summed E-state index contributed by atoms with van der Waals surface area (Å²) in [4.78, 5) is 24.9. The van der Waals surface area contributed by atoms with Crippen LogP contribution in [0.1, 0.15) is 22.8 Å². The minimum atomic E-state index is -1.14. The highest BCUT2D eigenvalue weighted by Crippen LogP contribution is 2.32. The van der Waals surface area contributed by atoms with E-state index in [0.717, 1.165) is 17.0 Å². The van der Waals surface area contributed by atoms with E-state index in [4.69, 9.17) is 0 Å². The molecule has 0 bridgehead atoms. The third-order valence-electron chi connectivity index (χ3n) is 3.36. The normalized spacial score (nSPS) is 14.0. The fraction of sp³-hybridized carbons (Fsp3) is 0.214. The van der Waals surface area contributed by atoms with Gasteiger partial charge in [0.1, 0.15) is 0 Å². The van der Waals surface area contributed by atoms with Gasteiger partial charge in [-0.2, -0.15) is 5.10 Å². The summed E-state index contributed by atoms with van der Waals surface area (Å²) in [7, 11) is 0. The molecular weight excluding hydrogens is 280 g/mol. The summed E-state index contributed by atoms with van der Waals surface area (Å²) in [5.74, 6) is -3.85. The summed E-state index contributed by atoms with van der Waals surface area (Å²) in [6.45, 7) is 2.67. The molecule has 21 heavy (non-hydrogen) atoms. The molecule has 2 aromatic rings. The smallest absolute Gasteiger partial charge is 0.299 e. The Morgan fingerprint density at radius 3 is 2.57 bits per heavy atom. The zero-order valence-electron chi connectivity index (χ0n) is 11.1. The lowest BCUT2D eigenvalue weighted by molar-refractivity contribution is -0.114. The Morgan fingerprint density at radius 2 is 1.90 bits per heavy atom. The van der Waals surface area contributed by atoms with E-state index in [0.29, 0.717) is 12.1 Å². The van der Waals surface area contributed by atoms with Crippen LogP contribution in [0.5, 0.6) is 0 Å². The van der Waals surface area contributed by atoms with E-state index in [9.17, 15) is 18.4 Å². The Morgan fingerprint density at radius 1 is 1.19 bits per heavy atom. The molecule has 0 atom stereocenters. The number of hydrogen-bond acceptors (Lipinski definition) is 3. The predicted octanol–water partition coefficient (Wildman–Crippen LogP) is 1.91. The Hall–Kier alpha value is -2.57. The number of carbonyl (C=O) groups is 2. The second kappa shape index (κ2) is 4.76. The van der Waals surface area contributed by atoms with Crippen molar-refractivity contribution in [1.29, 1.82) is 0 Å².